The number of hydrogen-bond donors (Lipinski definition) is 0. The van der Waals surface area contributed by atoms with Crippen molar-refractivity contribution in [2.45, 2.75) is 20.8 Å². The maximum absolute atomic E-state index is 11.7. The van der Waals surface area contributed by atoms with Gasteiger partial charge in [-0.3, -0.25) is 4.79 Å². The van der Waals surface area contributed by atoms with Crippen LogP contribution in [0.4, 0.5) is 3.89 Å². The fraction of sp³-hybridized carbons (Fsp3) is 0.800. The summed E-state index contributed by atoms with van der Waals surface area (Å²) in [4.78, 5) is 10.6. The molecule has 0 aliphatic heterocycles. The van der Waals surface area contributed by atoms with E-state index in [0.29, 0.717) is 0 Å². The van der Waals surface area contributed by atoms with Crippen molar-refractivity contribution in [3.63, 3.8) is 0 Å². The zero-order valence-corrected chi connectivity index (χ0v) is 7.24. The topological polar surface area (TPSA) is 60.4 Å². The van der Waals surface area contributed by atoms with E-state index in [-0.39, 0.29) is 0 Å². The summed E-state index contributed by atoms with van der Waals surface area (Å²) in [7, 11) is -5.16. The van der Waals surface area contributed by atoms with Gasteiger partial charge in [0.15, 0.2) is 0 Å². The number of carbonyl (C=O) groups excluding carboxylic acids is 1. The molecule has 4 nitrogen and oxygen atoms in total. The molecule has 0 aromatic carbocycles. The van der Waals surface area contributed by atoms with Gasteiger partial charge in [-0.15, -0.1) is 0 Å². The van der Waals surface area contributed by atoms with Crippen molar-refractivity contribution < 1.29 is 21.3 Å². The summed E-state index contributed by atoms with van der Waals surface area (Å²) in [6, 6.07) is 0. The maximum Gasteiger partial charge on any atom is 0.491 e. The summed E-state index contributed by atoms with van der Waals surface area (Å²) in [6.07, 6.45) is 0. The predicted molar refractivity (Wildman–Crippen MR) is 35.6 cm³/mol. The third-order valence-corrected chi connectivity index (χ3v) is 1.14. The lowest BCUT2D eigenvalue weighted by molar-refractivity contribution is -0.142. The van der Waals surface area contributed by atoms with E-state index in [0.717, 1.165) is 0 Å². The minimum atomic E-state index is -5.16. The van der Waals surface area contributed by atoms with E-state index in [1.807, 2.05) is 0 Å². The molecule has 0 saturated carbocycles. The Morgan fingerprint density at radius 2 is 1.73 bits per heavy atom. The average Bonchev–Trinajstić information content (AvgIpc) is 1.56. The lowest BCUT2D eigenvalue weighted by Crippen LogP contribution is -2.24. The van der Waals surface area contributed by atoms with Gasteiger partial charge in [0.2, 0.25) is 0 Å². The SMILES string of the molecule is CC(C)(C)C(=O)OS(=O)(=O)F. The molecule has 0 unspecified atom stereocenters. The molecule has 6 heteroatoms. The minimum Gasteiger partial charge on any atom is -0.321 e. The number of hydrogen-bond acceptors (Lipinski definition) is 4. The largest absolute Gasteiger partial charge is 0.491 e. The molecule has 0 atom stereocenters. The van der Waals surface area contributed by atoms with Gasteiger partial charge in [-0.1, -0.05) is 3.89 Å². The molecule has 0 rings (SSSR count). The van der Waals surface area contributed by atoms with Crippen LogP contribution in [0.2, 0.25) is 0 Å². The molecule has 66 valence electrons. The van der Waals surface area contributed by atoms with Crippen molar-refractivity contribution >= 4 is 16.5 Å². The van der Waals surface area contributed by atoms with Gasteiger partial charge < -0.3 is 4.18 Å². The first-order valence-corrected chi connectivity index (χ1v) is 4.12. The molecule has 0 fully saturated rings. The van der Waals surface area contributed by atoms with Crippen molar-refractivity contribution in [3.8, 4) is 0 Å². The van der Waals surface area contributed by atoms with Crippen molar-refractivity contribution in [1.29, 1.82) is 0 Å². The van der Waals surface area contributed by atoms with Crippen LogP contribution in [-0.4, -0.2) is 14.4 Å². The van der Waals surface area contributed by atoms with E-state index < -0.39 is 21.9 Å². The minimum absolute atomic E-state index is 1.01. The first-order chi connectivity index (χ1) is 4.63. The van der Waals surface area contributed by atoms with Crippen molar-refractivity contribution in [2.75, 3.05) is 0 Å². The zero-order chi connectivity index (χ0) is 9.28. The predicted octanol–water partition coefficient (Wildman–Crippen LogP) is 0.790. The standard InChI is InChI=1S/C5H9FO4S/c1-5(2,3)4(7)10-11(6,8)9/h1-3H3. The highest BCUT2D eigenvalue weighted by Crippen LogP contribution is 2.16. The molecule has 0 spiro atoms. The molecule has 0 aliphatic carbocycles. The van der Waals surface area contributed by atoms with Gasteiger partial charge in [-0.05, 0) is 20.8 Å². The van der Waals surface area contributed by atoms with Crippen LogP contribution < -0.4 is 0 Å². The number of halogens is 1. The number of rotatable bonds is 1. The Kier molecular flexibility index (Phi) is 2.60. The molecule has 0 saturated heterocycles. The van der Waals surface area contributed by atoms with Crippen molar-refractivity contribution in [3.05, 3.63) is 0 Å². The molecule has 0 N–H and O–H groups in total. The fourth-order valence-corrected chi connectivity index (χ4v) is 0.646. The molecule has 0 heterocycles. The second kappa shape index (κ2) is 2.77. The van der Waals surface area contributed by atoms with Crippen LogP contribution >= 0.6 is 0 Å². The normalized spacial score (nSPS) is 12.7. The highest BCUT2D eigenvalue weighted by Gasteiger charge is 2.28. The van der Waals surface area contributed by atoms with E-state index in [1.54, 1.807) is 0 Å². The molecular formula is C5H9FO4S. The summed E-state index contributed by atoms with van der Waals surface area (Å²) in [5, 5.41) is 0. The van der Waals surface area contributed by atoms with Crippen molar-refractivity contribution in [2.24, 2.45) is 5.41 Å². The van der Waals surface area contributed by atoms with E-state index in [1.165, 1.54) is 20.8 Å². The molecule has 0 aliphatic rings. The Morgan fingerprint density at radius 1 is 1.36 bits per heavy atom. The van der Waals surface area contributed by atoms with Gasteiger partial charge in [0.1, 0.15) is 0 Å². The van der Waals surface area contributed by atoms with E-state index in [9.17, 15) is 17.1 Å². The Morgan fingerprint density at radius 3 is 1.82 bits per heavy atom. The molecule has 0 aromatic heterocycles. The fourth-order valence-electron chi connectivity index (χ4n) is 0.215. The van der Waals surface area contributed by atoms with Crippen LogP contribution in [0, 0.1) is 5.41 Å². The van der Waals surface area contributed by atoms with Crippen LogP contribution in [-0.2, 0) is 19.5 Å². The molecule has 0 aromatic rings. The monoisotopic (exact) mass is 184 g/mol. The third-order valence-electron chi connectivity index (χ3n) is 0.788. The smallest absolute Gasteiger partial charge is 0.321 e. The van der Waals surface area contributed by atoms with Crippen LogP contribution in [0.3, 0.4) is 0 Å². The summed E-state index contributed by atoms with van der Waals surface area (Å²) >= 11 is 0. The van der Waals surface area contributed by atoms with Gasteiger partial charge in [0.05, 0.1) is 5.41 Å². The maximum atomic E-state index is 11.7. The Hall–Kier alpha value is -0.650. The molecule has 0 bridgehead atoms. The van der Waals surface area contributed by atoms with E-state index in [4.69, 9.17) is 0 Å². The second-order valence-electron chi connectivity index (χ2n) is 3.01. The third kappa shape index (κ3) is 4.72. The summed E-state index contributed by atoms with van der Waals surface area (Å²) in [5.41, 5.74) is -1.01. The van der Waals surface area contributed by atoms with Gasteiger partial charge in [0, 0.05) is 0 Å². The summed E-state index contributed by atoms with van der Waals surface area (Å²) in [5.74, 6) is -1.11. The van der Waals surface area contributed by atoms with E-state index >= 15 is 0 Å². The Balaban J connectivity index is 4.35. The average molecular weight is 184 g/mol. The van der Waals surface area contributed by atoms with Crippen molar-refractivity contribution in [1.82, 2.24) is 0 Å². The highest BCUT2D eigenvalue weighted by atomic mass is 32.3. The quantitative estimate of drug-likeness (QED) is 0.565. The zero-order valence-electron chi connectivity index (χ0n) is 6.42. The molecule has 0 amide bonds. The molecule has 0 radical (unpaired) electrons. The first-order valence-electron chi connectivity index (χ1n) is 2.81. The molecular weight excluding hydrogens is 175 g/mol. The molecule has 11 heavy (non-hydrogen) atoms. The lowest BCUT2D eigenvalue weighted by Gasteiger charge is -2.12. The first kappa shape index (κ1) is 10.3. The Bertz CT molecular complexity index is 248. The van der Waals surface area contributed by atoms with Gasteiger partial charge in [0.25, 0.3) is 0 Å². The van der Waals surface area contributed by atoms with E-state index in [2.05, 4.69) is 4.18 Å². The van der Waals surface area contributed by atoms with Crippen LogP contribution in [0.15, 0.2) is 0 Å². The summed E-state index contributed by atoms with van der Waals surface area (Å²) in [6.45, 7) is 4.25. The van der Waals surface area contributed by atoms with Gasteiger partial charge >= 0.3 is 16.5 Å². The number of carbonyl (C=O) groups is 1. The Labute approximate surface area is 64.8 Å². The lowest BCUT2D eigenvalue weighted by atomic mass is 9.98. The summed E-state index contributed by atoms with van der Waals surface area (Å²) < 4.78 is 34.7. The highest BCUT2D eigenvalue weighted by molar-refractivity contribution is 7.81. The van der Waals surface area contributed by atoms with Gasteiger partial charge in [-0.2, -0.15) is 8.42 Å². The van der Waals surface area contributed by atoms with Crippen LogP contribution in [0.1, 0.15) is 20.8 Å². The van der Waals surface area contributed by atoms with Crippen LogP contribution in [0.5, 0.6) is 0 Å². The van der Waals surface area contributed by atoms with Gasteiger partial charge in [-0.25, -0.2) is 0 Å². The second-order valence-corrected chi connectivity index (χ2v) is 3.97. The van der Waals surface area contributed by atoms with Crippen LogP contribution in [0.25, 0.3) is 0 Å².